The Labute approximate surface area is 121 Å². The third-order valence-electron chi connectivity index (χ3n) is 2.84. The molecule has 0 saturated heterocycles. The summed E-state index contributed by atoms with van der Waals surface area (Å²) in [5, 5.41) is 12.2. The fourth-order valence-electron chi connectivity index (χ4n) is 1.82. The predicted molar refractivity (Wildman–Crippen MR) is 81.9 cm³/mol. The van der Waals surface area contributed by atoms with E-state index in [9.17, 15) is 9.59 Å². The zero-order valence-electron chi connectivity index (χ0n) is 11.6. The molecule has 1 aromatic heterocycles. The van der Waals surface area contributed by atoms with E-state index < -0.39 is 0 Å². The van der Waals surface area contributed by atoms with Crippen LogP contribution in [0.2, 0.25) is 0 Å². The smallest absolute Gasteiger partial charge is 0.264 e. The largest absolute Gasteiger partial charge is 0.397 e. The molecule has 0 radical (unpaired) electrons. The van der Waals surface area contributed by atoms with E-state index in [0.717, 1.165) is 11.3 Å². The number of carbonyl (C=O) groups excluding carboxylic acids is 1. The number of nitrogens with two attached hydrogens (primary N) is 1. The number of amides is 1. The van der Waals surface area contributed by atoms with Gasteiger partial charge in [0.25, 0.3) is 5.56 Å². The van der Waals surface area contributed by atoms with E-state index in [-0.39, 0.29) is 11.5 Å². The number of benzene rings is 1. The van der Waals surface area contributed by atoms with Gasteiger partial charge in [-0.2, -0.15) is 5.10 Å². The van der Waals surface area contributed by atoms with E-state index >= 15 is 0 Å². The summed E-state index contributed by atoms with van der Waals surface area (Å²) in [5.41, 5.74) is 8.55. The van der Waals surface area contributed by atoms with E-state index in [1.165, 1.54) is 13.0 Å². The number of nitrogens with zero attached hydrogens (tertiary/aromatic N) is 1. The molecule has 110 valence electrons. The average molecular weight is 287 g/mol. The monoisotopic (exact) mass is 287 g/mol. The number of anilines is 2. The highest BCUT2D eigenvalue weighted by Crippen LogP contribution is 2.24. The van der Waals surface area contributed by atoms with E-state index in [1.807, 2.05) is 12.1 Å². The Hall–Kier alpha value is -2.83. The molecule has 0 spiro atoms. The third kappa shape index (κ3) is 4.07. The van der Waals surface area contributed by atoms with Gasteiger partial charge in [-0.15, -0.1) is 0 Å². The highest BCUT2D eigenvalue weighted by Gasteiger charge is 2.04. The lowest BCUT2D eigenvalue weighted by molar-refractivity contribution is -0.118. The van der Waals surface area contributed by atoms with E-state index in [1.54, 1.807) is 12.1 Å². The Bertz CT molecular complexity index is 676. The van der Waals surface area contributed by atoms with Gasteiger partial charge in [-0.1, -0.05) is 6.07 Å². The Morgan fingerprint density at radius 1 is 1.29 bits per heavy atom. The van der Waals surface area contributed by atoms with Crippen LogP contribution in [0.4, 0.5) is 11.4 Å². The van der Waals surface area contributed by atoms with Crippen molar-refractivity contribution in [3.05, 3.63) is 40.7 Å². The highest BCUT2D eigenvalue weighted by atomic mass is 16.1. The quantitative estimate of drug-likeness (QED) is 0.474. The number of aromatic nitrogens is 2. The molecule has 5 N–H and O–H groups in total. The number of aromatic amines is 1. The maximum atomic E-state index is 11.0. The van der Waals surface area contributed by atoms with Crippen LogP contribution in [0.25, 0.3) is 11.3 Å². The molecule has 7 nitrogen and oxygen atoms in total. The zero-order chi connectivity index (χ0) is 15.2. The second-order valence-electron chi connectivity index (χ2n) is 4.52. The summed E-state index contributed by atoms with van der Waals surface area (Å²) in [5.74, 6) is -0.0655. The average Bonchev–Trinajstić information content (AvgIpc) is 2.45. The van der Waals surface area contributed by atoms with Crippen LogP contribution >= 0.6 is 0 Å². The van der Waals surface area contributed by atoms with Crippen LogP contribution in [0, 0.1) is 0 Å². The molecule has 2 rings (SSSR count). The molecule has 0 aliphatic rings. The first kappa shape index (κ1) is 14.6. The lowest BCUT2D eigenvalue weighted by atomic mass is 10.1. The van der Waals surface area contributed by atoms with Crippen molar-refractivity contribution in [2.75, 3.05) is 24.1 Å². The van der Waals surface area contributed by atoms with Crippen molar-refractivity contribution in [1.82, 2.24) is 15.5 Å². The van der Waals surface area contributed by atoms with Gasteiger partial charge < -0.3 is 16.4 Å². The summed E-state index contributed by atoms with van der Waals surface area (Å²) >= 11 is 0. The molecule has 0 aliphatic carbocycles. The molecule has 0 atom stereocenters. The maximum absolute atomic E-state index is 11.0. The van der Waals surface area contributed by atoms with Gasteiger partial charge in [-0.25, -0.2) is 5.10 Å². The summed E-state index contributed by atoms with van der Waals surface area (Å²) in [6, 6.07) is 8.53. The van der Waals surface area contributed by atoms with Gasteiger partial charge in [0.2, 0.25) is 5.91 Å². The standard InChI is InChI=1S/C14H17N5O2/c1-9(20)16-6-7-17-13-3-2-10(8-11(13)15)12-4-5-14(21)19-18-12/h2-5,8,17H,6-7,15H2,1H3,(H,16,20)(H,19,21). The van der Waals surface area contributed by atoms with Crippen molar-refractivity contribution in [3.8, 4) is 11.3 Å². The minimum atomic E-state index is -0.247. The van der Waals surface area contributed by atoms with Crippen LogP contribution in [-0.2, 0) is 4.79 Å². The first-order valence-corrected chi connectivity index (χ1v) is 6.50. The molecule has 1 heterocycles. The lowest BCUT2D eigenvalue weighted by Crippen LogP contribution is -2.26. The zero-order valence-corrected chi connectivity index (χ0v) is 11.6. The fourth-order valence-corrected chi connectivity index (χ4v) is 1.82. The van der Waals surface area contributed by atoms with Crippen molar-refractivity contribution >= 4 is 17.3 Å². The number of hydrogen-bond donors (Lipinski definition) is 4. The number of H-pyrrole nitrogens is 1. The molecule has 2 aromatic rings. The van der Waals surface area contributed by atoms with Crippen molar-refractivity contribution in [3.63, 3.8) is 0 Å². The van der Waals surface area contributed by atoms with Crippen LogP contribution in [-0.4, -0.2) is 29.2 Å². The molecular formula is C14H17N5O2. The lowest BCUT2D eigenvalue weighted by Gasteiger charge is -2.11. The van der Waals surface area contributed by atoms with Crippen LogP contribution in [0.5, 0.6) is 0 Å². The van der Waals surface area contributed by atoms with Gasteiger partial charge in [0.05, 0.1) is 17.1 Å². The summed E-state index contributed by atoms with van der Waals surface area (Å²) in [7, 11) is 0. The minimum absolute atomic E-state index is 0.0655. The number of nitrogen functional groups attached to an aromatic ring is 1. The van der Waals surface area contributed by atoms with Gasteiger partial charge in [-0.05, 0) is 18.2 Å². The Morgan fingerprint density at radius 3 is 2.71 bits per heavy atom. The van der Waals surface area contributed by atoms with Crippen LogP contribution in [0.3, 0.4) is 0 Å². The summed E-state index contributed by atoms with van der Waals surface area (Å²) < 4.78 is 0. The van der Waals surface area contributed by atoms with Crippen LogP contribution < -0.4 is 21.9 Å². The topological polar surface area (TPSA) is 113 Å². The maximum Gasteiger partial charge on any atom is 0.264 e. The van der Waals surface area contributed by atoms with Gasteiger partial charge in [0.15, 0.2) is 0 Å². The number of nitrogens with one attached hydrogen (secondary N) is 3. The molecule has 0 aliphatic heterocycles. The normalized spacial score (nSPS) is 10.1. The number of rotatable bonds is 5. The number of carbonyl (C=O) groups is 1. The minimum Gasteiger partial charge on any atom is -0.397 e. The van der Waals surface area contributed by atoms with Gasteiger partial charge in [-0.3, -0.25) is 9.59 Å². The highest BCUT2D eigenvalue weighted by molar-refractivity contribution is 5.75. The predicted octanol–water partition coefficient (Wildman–Crippen LogP) is 0.567. The third-order valence-corrected chi connectivity index (χ3v) is 2.84. The van der Waals surface area contributed by atoms with Crippen LogP contribution in [0.1, 0.15) is 6.92 Å². The molecule has 21 heavy (non-hydrogen) atoms. The van der Waals surface area contributed by atoms with Gasteiger partial charge in [0, 0.05) is 31.6 Å². The SMILES string of the molecule is CC(=O)NCCNc1ccc(-c2ccc(=O)[nH]n2)cc1N. The van der Waals surface area contributed by atoms with E-state index in [0.29, 0.717) is 24.5 Å². The van der Waals surface area contributed by atoms with Gasteiger partial charge in [0.1, 0.15) is 0 Å². The second kappa shape index (κ2) is 6.56. The molecule has 1 amide bonds. The summed E-state index contributed by atoms with van der Waals surface area (Å²) in [6.45, 7) is 2.58. The van der Waals surface area contributed by atoms with Crippen molar-refractivity contribution in [1.29, 1.82) is 0 Å². The summed E-state index contributed by atoms with van der Waals surface area (Å²) in [6.07, 6.45) is 0. The van der Waals surface area contributed by atoms with Crippen molar-refractivity contribution < 1.29 is 4.79 Å². The molecule has 0 bridgehead atoms. The fraction of sp³-hybridized carbons (Fsp3) is 0.214. The Morgan fingerprint density at radius 2 is 2.10 bits per heavy atom. The first-order valence-electron chi connectivity index (χ1n) is 6.50. The van der Waals surface area contributed by atoms with Crippen LogP contribution in [0.15, 0.2) is 35.1 Å². The molecule has 0 fully saturated rings. The summed E-state index contributed by atoms with van der Waals surface area (Å²) in [4.78, 5) is 21.7. The first-order chi connectivity index (χ1) is 10.1. The van der Waals surface area contributed by atoms with Gasteiger partial charge >= 0.3 is 0 Å². The Balaban J connectivity index is 2.05. The van der Waals surface area contributed by atoms with Crippen molar-refractivity contribution in [2.45, 2.75) is 6.92 Å². The van der Waals surface area contributed by atoms with E-state index in [2.05, 4.69) is 20.8 Å². The molecular weight excluding hydrogens is 270 g/mol. The number of hydrogen-bond acceptors (Lipinski definition) is 5. The molecule has 7 heteroatoms. The Kier molecular flexibility index (Phi) is 4.55. The molecule has 0 saturated carbocycles. The molecule has 0 unspecified atom stereocenters. The molecule has 1 aromatic carbocycles. The van der Waals surface area contributed by atoms with Crippen molar-refractivity contribution in [2.24, 2.45) is 0 Å². The second-order valence-corrected chi connectivity index (χ2v) is 4.52. The van der Waals surface area contributed by atoms with E-state index in [4.69, 9.17) is 5.73 Å².